The standard InChI is InChI=1S/C23H22N2O3/c1-28-23(27)25-21(16-17-8-4-2-5-9-17)22(26)24-20-14-12-19(13-15-20)18-10-6-3-7-11-18/h2-15,21H,16H2,1H3,(H,24,26)(H,25,27). The van der Waals surface area contributed by atoms with Gasteiger partial charge in [0.05, 0.1) is 7.11 Å². The Balaban J connectivity index is 1.71. The third-order valence-corrected chi connectivity index (χ3v) is 4.34. The topological polar surface area (TPSA) is 67.4 Å². The van der Waals surface area contributed by atoms with Gasteiger partial charge in [0.1, 0.15) is 6.04 Å². The highest BCUT2D eigenvalue weighted by Gasteiger charge is 2.21. The van der Waals surface area contributed by atoms with Crippen LogP contribution in [-0.4, -0.2) is 25.2 Å². The van der Waals surface area contributed by atoms with E-state index < -0.39 is 12.1 Å². The zero-order valence-corrected chi connectivity index (χ0v) is 15.6. The van der Waals surface area contributed by atoms with Gasteiger partial charge in [-0.1, -0.05) is 72.8 Å². The van der Waals surface area contributed by atoms with E-state index in [2.05, 4.69) is 15.4 Å². The molecule has 0 fully saturated rings. The Labute approximate surface area is 164 Å². The summed E-state index contributed by atoms with van der Waals surface area (Å²) in [6.07, 6.45) is -0.278. The van der Waals surface area contributed by atoms with Crippen molar-refractivity contribution in [2.45, 2.75) is 12.5 Å². The van der Waals surface area contributed by atoms with Crippen LogP contribution >= 0.6 is 0 Å². The van der Waals surface area contributed by atoms with Crippen molar-refractivity contribution in [2.75, 3.05) is 12.4 Å². The van der Waals surface area contributed by atoms with Crippen LogP contribution in [0.3, 0.4) is 0 Å². The molecule has 142 valence electrons. The first-order valence-corrected chi connectivity index (χ1v) is 9.00. The van der Waals surface area contributed by atoms with Crippen molar-refractivity contribution in [3.63, 3.8) is 0 Å². The van der Waals surface area contributed by atoms with Crippen molar-refractivity contribution >= 4 is 17.7 Å². The second-order valence-electron chi connectivity index (χ2n) is 6.31. The minimum atomic E-state index is -0.747. The number of amides is 2. The average molecular weight is 374 g/mol. The Morgan fingerprint density at radius 2 is 1.39 bits per heavy atom. The van der Waals surface area contributed by atoms with Crippen molar-refractivity contribution in [1.82, 2.24) is 5.32 Å². The number of ether oxygens (including phenoxy) is 1. The first-order chi connectivity index (χ1) is 13.7. The van der Waals surface area contributed by atoms with Crippen LogP contribution in [0, 0.1) is 0 Å². The van der Waals surface area contributed by atoms with Crippen molar-refractivity contribution in [3.05, 3.63) is 90.5 Å². The predicted octanol–water partition coefficient (Wildman–Crippen LogP) is 4.26. The molecule has 0 aliphatic heterocycles. The SMILES string of the molecule is COC(=O)NC(Cc1ccccc1)C(=O)Nc1ccc(-c2ccccc2)cc1. The molecule has 0 aliphatic carbocycles. The van der Waals surface area contributed by atoms with E-state index in [1.54, 1.807) is 0 Å². The van der Waals surface area contributed by atoms with Gasteiger partial charge in [-0.3, -0.25) is 4.79 Å². The zero-order chi connectivity index (χ0) is 19.8. The lowest BCUT2D eigenvalue weighted by molar-refractivity contribution is -0.118. The number of hydrogen-bond acceptors (Lipinski definition) is 3. The Morgan fingerprint density at radius 3 is 2.00 bits per heavy atom. The molecule has 0 saturated carbocycles. The second kappa shape index (κ2) is 9.37. The Hall–Kier alpha value is -3.60. The van der Waals surface area contributed by atoms with Gasteiger partial charge in [0.15, 0.2) is 0 Å². The summed E-state index contributed by atoms with van der Waals surface area (Å²) in [5.74, 6) is -0.304. The highest BCUT2D eigenvalue weighted by molar-refractivity contribution is 5.97. The number of alkyl carbamates (subject to hydrolysis) is 1. The molecule has 3 aromatic carbocycles. The van der Waals surface area contributed by atoms with Gasteiger partial charge in [0, 0.05) is 12.1 Å². The predicted molar refractivity (Wildman–Crippen MR) is 110 cm³/mol. The number of anilines is 1. The summed E-state index contributed by atoms with van der Waals surface area (Å²) in [5, 5.41) is 5.46. The third kappa shape index (κ3) is 5.20. The van der Waals surface area contributed by atoms with Crippen LogP contribution in [0.4, 0.5) is 10.5 Å². The quantitative estimate of drug-likeness (QED) is 0.677. The van der Waals surface area contributed by atoms with E-state index in [0.29, 0.717) is 12.1 Å². The summed E-state index contributed by atoms with van der Waals surface area (Å²) in [4.78, 5) is 24.4. The fourth-order valence-corrected chi connectivity index (χ4v) is 2.87. The van der Waals surface area contributed by atoms with Gasteiger partial charge in [-0.05, 0) is 28.8 Å². The van der Waals surface area contributed by atoms with E-state index in [9.17, 15) is 9.59 Å². The summed E-state index contributed by atoms with van der Waals surface area (Å²) in [6.45, 7) is 0. The lowest BCUT2D eigenvalue weighted by Gasteiger charge is -2.18. The van der Waals surface area contributed by atoms with Crippen LogP contribution in [0.15, 0.2) is 84.9 Å². The molecule has 0 aromatic heterocycles. The highest BCUT2D eigenvalue weighted by Crippen LogP contribution is 2.21. The molecule has 1 atom stereocenters. The molecule has 5 nitrogen and oxygen atoms in total. The zero-order valence-electron chi connectivity index (χ0n) is 15.6. The van der Waals surface area contributed by atoms with Gasteiger partial charge in [-0.2, -0.15) is 0 Å². The summed E-state index contributed by atoms with van der Waals surface area (Å²) in [7, 11) is 1.27. The molecule has 3 aromatic rings. The smallest absolute Gasteiger partial charge is 0.407 e. The molecule has 3 rings (SSSR count). The van der Waals surface area contributed by atoms with Crippen LogP contribution in [0.1, 0.15) is 5.56 Å². The molecule has 28 heavy (non-hydrogen) atoms. The number of methoxy groups -OCH3 is 1. The van der Waals surface area contributed by atoms with E-state index in [1.807, 2.05) is 84.9 Å². The minimum absolute atomic E-state index is 0.304. The number of carbonyl (C=O) groups excluding carboxylic acids is 2. The molecular formula is C23H22N2O3. The maximum Gasteiger partial charge on any atom is 0.407 e. The van der Waals surface area contributed by atoms with Crippen molar-refractivity contribution in [3.8, 4) is 11.1 Å². The molecule has 2 amide bonds. The molecule has 1 unspecified atom stereocenters. The maximum atomic E-state index is 12.7. The average Bonchev–Trinajstić information content (AvgIpc) is 2.75. The molecule has 0 aliphatic rings. The number of rotatable bonds is 6. The van der Waals surface area contributed by atoms with Crippen molar-refractivity contribution < 1.29 is 14.3 Å². The molecule has 2 N–H and O–H groups in total. The van der Waals surface area contributed by atoms with Crippen LogP contribution in [0.5, 0.6) is 0 Å². The maximum absolute atomic E-state index is 12.7. The Morgan fingerprint density at radius 1 is 0.821 bits per heavy atom. The number of hydrogen-bond donors (Lipinski definition) is 2. The van der Waals surface area contributed by atoms with E-state index in [-0.39, 0.29) is 5.91 Å². The molecule has 0 radical (unpaired) electrons. The highest BCUT2D eigenvalue weighted by atomic mass is 16.5. The van der Waals surface area contributed by atoms with Gasteiger partial charge in [0.2, 0.25) is 5.91 Å². The van der Waals surface area contributed by atoms with E-state index in [0.717, 1.165) is 16.7 Å². The molecular weight excluding hydrogens is 352 g/mol. The normalized spacial score (nSPS) is 11.3. The van der Waals surface area contributed by atoms with Crippen LogP contribution in [-0.2, 0) is 16.0 Å². The lowest BCUT2D eigenvalue weighted by Crippen LogP contribution is -2.45. The van der Waals surface area contributed by atoms with Crippen molar-refractivity contribution in [1.29, 1.82) is 0 Å². The second-order valence-corrected chi connectivity index (χ2v) is 6.31. The fourth-order valence-electron chi connectivity index (χ4n) is 2.87. The lowest BCUT2D eigenvalue weighted by atomic mass is 10.0. The summed E-state index contributed by atoms with van der Waals surface area (Å²) < 4.78 is 4.65. The number of benzene rings is 3. The monoisotopic (exact) mass is 374 g/mol. The van der Waals surface area contributed by atoms with E-state index >= 15 is 0 Å². The molecule has 0 spiro atoms. The number of carbonyl (C=O) groups is 2. The summed E-state index contributed by atoms with van der Waals surface area (Å²) >= 11 is 0. The Bertz CT molecular complexity index is 910. The van der Waals surface area contributed by atoms with Crippen LogP contribution in [0.2, 0.25) is 0 Å². The summed E-state index contributed by atoms with van der Waals surface area (Å²) in [6, 6.07) is 26.4. The fraction of sp³-hybridized carbons (Fsp3) is 0.130. The Kier molecular flexibility index (Phi) is 6.41. The molecule has 0 bridgehead atoms. The first kappa shape index (κ1) is 19.2. The molecule has 0 saturated heterocycles. The largest absolute Gasteiger partial charge is 0.453 e. The van der Waals surface area contributed by atoms with Gasteiger partial charge in [-0.25, -0.2) is 4.79 Å². The van der Waals surface area contributed by atoms with Crippen LogP contribution in [0.25, 0.3) is 11.1 Å². The van der Waals surface area contributed by atoms with Gasteiger partial charge < -0.3 is 15.4 Å². The van der Waals surface area contributed by atoms with E-state index in [1.165, 1.54) is 7.11 Å². The number of nitrogens with one attached hydrogen (secondary N) is 2. The van der Waals surface area contributed by atoms with E-state index in [4.69, 9.17) is 0 Å². The van der Waals surface area contributed by atoms with Gasteiger partial charge >= 0.3 is 6.09 Å². The summed E-state index contributed by atoms with van der Waals surface area (Å²) in [5.41, 5.74) is 3.77. The minimum Gasteiger partial charge on any atom is -0.453 e. The molecule has 5 heteroatoms. The van der Waals surface area contributed by atoms with Crippen molar-refractivity contribution in [2.24, 2.45) is 0 Å². The van der Waals surface area contributed by atoms with Gasteiger partial charge in [-0.15, -0.1) is 0 Å². The third-order valence-electron chi connectivity index (χ3n) is 4.34. The molecule has 0 heterocycles. The first-order valence-electron chi connectivity index (χ1n) is 9.00. The van der Waals surface area contributed by atoms with Gasteiger partial charge in [0.25, 0.3) is 0 Å². The van der Waals surface area contributed by atoms with Crippen LogP contribution < -0.4 is 10.6 Å².